The molecule has 2 heterocycles. The first-order valence-corrected chi connectivity index (χ1v) is 10.6. The molecule has 1 aliphatic rings. The Morgan fingerprint density at radius 3 is 2.55 bits per heavy atom. The van der Waals surface area contributed by atoms with Crippen molar-refractivity contribution in [3.05, 3.63) is 58.7 Å². The molecule has 1 aromatic heterocycles. The molecular weight excluding hydrogens is 407 g/mol. The standard InChI is InChI=1S/C23H22Cl2N2O2/c1-15(23(28)27-11-5-2-6-12-27)29-16-9-10-18-19(14-22(25)26-21(18)13-16)17-7-3-4-8-20(17)24/h3-4,7-10,13-15H,2,5-6,11-12H2,1H3/t15-/m1/s1. The van der Waals surface area contributed by atoms with Crippen molar-refractivity contribution in [2.24, 2.45) is 0 Å². The van der Waals surface area contributed by atoms with Gasteiger partial charge < -0.3 is 9.64 Å². The van der Waals surface area contributed by atoms with E-state index in [0.717, 1.165) is 42.4 Å². The lowest BCUT2D eigenvalue weighted by molar-refractivity contribution is -0.138. The van der Waals surface area contributed by atoms with Crippen molar-refractivity contribution in [2.75, 3.05) is 13.1 Å². The smallest absolute Gasteiger partial charge is 0.263 e. The number of aromatic nitrogens is 1. The molecular formula is C23H22Cl2N2O2. The van der Waals surface area contributed by atoms with Gasteiger partial charge >= 0.3 is 0 Å². The summed E-state index contributed by atoms with van der Waals surface area (Å²) < 4.78 is 5.95. The van der Waals surface area contributed by atoms with Crippen LogP contribution in [0.15, 0.2) is 48.5 Å². The topological polar surface area (TPSA) is 42.4 Å². The van der Waals surface area contributed by atoms with Gasteiger partial charge in [0.25, 0.3) is 5.91 Å². The van der Waals surface area contributed by atoms with E-state index in [-0.39, 0.29) is 5.91 Å². The molecule has 4 rings (SSSR count). The number of rotatable bonds is 4. The van der Waals surface area contributed by atoms with E-state index < -0.39 is 6.10 Å². The van der Waals surface area contributed by atoms with Gasteiger partial charge in [-0.3, -0.25) is 4.79 Å². The maximum Gasteiger partial charge on any atom is 0.263 e. The molecule has 0 aliphatic carbocycles. The fourth-order valence-electron chi connectivity index (χ4n) is 3.78. The first kappa shape index (κ1) is 20.0. The Morgan fingerprint density at radius 1 is 1.03 bits per heavy atom. The van der Waals surface area contributed by atoms with E-state index in [0.29, 0.717) is 21.4 Å². The summed E-state index contributed by atoms with van der Waals surface area (Å²) in [6.07, 6.45) is 2.75. The molecule has 3 aromatic rings. The summed E-state index contributed by atoms with van der Waals surface area (Å²) >= 11 is 12.7. The molecule has 4 nitrogen and oxygen atoms in total. The van der Waals surface area contributed by atoms with Gasteiger partial charge in [-0.25, -0.2) is 4.98 Å². The number of carbonyl (C=O) groups is 1. The largest absolute Gasteiger partial charge is 0.481 e. The number of amides is 1. The lowest BCUT2D eigenvalue weighted by atomic mass is 10.0. The number of fused-ring (bicyclic) bond motifs is 1. The Balaban J connectivity index is 1.63. The fourth-order valence-corrected chi connectivity index (χ4v) is 4.22. The van der Waals surface area contributed by atoms with Crippen LogP contribution in [0.3, 0.4) is 0 Å². The zero-order valence-corrected chi connectivity index (χ0v) is 17.7. The van der Waals surface area contributed by atoms with Crippen molar-refractivity contribution in [1.29, 1.82) is 0 Å². The van der Waals surface area contributed by atoms with Gasteiger partial charge in [0.15, 0.2) is 6.10 Å². The number of nitrogens with zero attached hydrogens (tertiary/aromatic N) is 2. The summed E-state index contributed by atoms with van der Waals surface area (Å²) in [6, 6.07) is 15.1. The highest BCUT2D eigenvalue weighted by Crippen LogP contribution is 2.35. The third-order valence-electron chi connectivity index (χ3n) is 5.24. The van der Waals surface area contributed by atoms with E-state index in [2.05, 4.69) is 4.98 Å². The number of ether oxygens (including phenoxy) is 1. The SMILES string of the molecule is C[C@@H](Oc1ccc2c(-c3ccccc3Cl)cc(Cl)nc2c1)C(=O)N1CCCCC1. The van der Waals surface area contributed by atoms with E-state index >= 15 is 0 Å². The van der Waals surface area contributed by atoms with Crippen molar-refractivity contribution >= 4 is 40.0 Å². The van der Waals surface area contributed by atoms with Gasteiger partial charge in [0, 0.05) is 35.1 Å². The zero-order valence-electron chi connectivity index (χ0n) is 16.2. The summed E-state index contributed by atoms with van der Waals surface area (Å²) in [5.41, 5.74) is 2.50. The first-order valence-electron chi connectivity index (χ1n) is 9.83. The number of hydrogen-bond donors (Lipinski definition) is 0. The van der Waals surface area contributed by atoms with E-state index in [4.69, 9.17) is 27.9 Å². The maximum atomic E-state index is 12.6. The van der Waals surface area contributed by atoms with E-state index in [1.807, 2.05) is 53.4 Å². The second-order valence-corrected chi connectivity index (χ2v) is 8.09. The van der Waals surface area contributed by atoms with Gasteiger partial charge in [0.05, 0.1) is 5.52 Å². The van der Waals surface area contributed by atoms with Crippen molar-refractivity contribution in [2.45, 2.75) is 32.3 Å². The number of pyridine rings is 1. The molecule has 1 amide bonds. The van der Waals surface area contributed by atoms with Crippen LogP contribution in [0.5, 0.6) is 5.75 Å². The minimum atomic E-state index is -0.548. The van der Waals surface area contributed by atoms with Gasteiger partial charge in [-0.2, -0.15) is 0 Å². The molecule has 0 unspecified atom stereocenters. The molecule has 6 heteroatoms. The van der Waals surface area contributed by atoms with Crippen LogP contribution in [0.2, 0.25) is 10.2 Å². The van der Waals surface area contributed by atoms with E-state index in [1.54, 1.807) is 6.92 Å². The van der Waals surface area contributed by atoms with Gasteiger partial charge in [-0.05, 0) is 56.0 Å². The Morgan fingerprint density at radius 2 is 1.79 bits per heavy atom. The Labute approximate surface area is 180 Å². The normalized spacial score (nSPS) is 15.3. The summed E-state index contributed by atoms with van der Waals surface area (Å²) in [5, 5.41) is 1.95. The molecule has 1 atom stereocenters. The molecule has 29 heavy (non-hydrogen) atoms. The van der Waals surface area contributed by atoms with Crippen molar-refractivity contribution in [1.82, 2.24) is 9.88 Å². The molecule has 0 radical (unpaired) electrons. The second-order valence-electron chi connectivity index (χ2n) is 7.30. The van der Waals surface area contributed by atoms with Crippen molar-refractivity contribution in [3.63, 3.8) is 0 Å². The maximum absolute atomic E-state index is 12.6. The number of hydrogen-bond acceptors (Lipinski definition) is 3. The highest BCUT2D eigenvalue weighted by Gasteiger charge is 2.23. The quantitative estimate of drug-likeness (QED) is 0.479. The Bertz CT molecular complexity index is 1050. The van der Waals surface area contributed by atoms with Crippen LogP contribution >= 0.6 is 23.2 Å². The van der Waals surface area contributed by atoms with Crippen LogP contribution in [0.1, 0.15) is 26.2 Å². The predicted molar refractivity (Wildman–Crippen MR) is 118 cm³/mol. The average Bonchev–Trinajstić information content (AvgIpc) is 2.73. The minimum absolute atomic E-state index is 0.0283. The van der Waals surface area contributed by atoms with Crippen molar-refractivity contribution < 1.29 is 9.53 Å². The lowest BCUT2D eigenvalue weighted by Crippen LogP contribution is -2.43. The minimum Gasteiger partial charge on any atom is -0.481 e. The third-order valence-corrected chi connectivity index (χ3v) is 5.77. The first-order chi connectivity index (χ1) is 14.0. The monoisotopic (exact) mass is 428 g/mol. The molecule has 0 spiro atoms. The molecule has 150 valence electrons. The van der Waals surface area contributed by atoms with Crippen LogP contribution in [0, 0.1) is 0 Å². The third kappa shape index (κ3) is 4.34. The molecule has 0 bridgehead atoms. The summed E-state index contributed by atoms with van der Waals surface area (Å²) in [7, 11) is 0. The lowest BCUT2D eigenvalue weighted by Gasteiger charge is -2.29. The predicted octanol–water partition coefficient (Wildman–Crippen LogP) is 5.99. The zero-order chi connectivity index (χ0) is 20.4. The summed E-state index contributed by atoms with van der Waals surface area (Å²) in [5.74, 6) is 0.621. The molecule has 1 fully saturated rings. The summed E-state index contributed by atoms with van der Waals surface area (Å²) in [4.78, 5) is 19.0. The van der Waals surface area contributed by atoms with Crippen LogP contribution in [-0.4, -0.2) is 35.0 Å². The van der Waals surface area contributed by atoms with Crippen LogP contribution in [-0.2, 0) is 4.79 Å². The van der Waals surface area contributed by atoms with Gasteiger partial charge in [-0.1, -0.05) is 41.4 Å². The van der Waals surface area contributed by atoms with E-state index in [1.165, 1.54) is 6.42 Å². The molecule has 0 saturated carbocycles. The highest BCUT2D eigenvalue weighted by atomic mass is 35.5. The number of likely N-dealkylation sites (tertiary alicyclic amines) is 1. The number of carbonyl (C=O) groups excluding carboxylic acids is 1. The average molecular weight is 429 g/mol. The Hall–Kier alpha value is -2.30. The van der Waals surface area contributed by atoms with E-state index in [9.17, 15) is 4.79 Å². The number of halogens is 2. The van der Waals surface area contributed by atoms with Crippen molar-refractivity contribution in [3.8, 4) is 16.9 Å². The van der Waals surface area contributed by atoms with Crippen LogP contribution in [0.25, 0.3) is 22.0 Å². The van der Waals surface area contributed by atoms with Gasteiger partial charge in [0.2, 0.25) is 0 Å². The van der Waals surface area contributed by atoms with Crippen LogP contribution in [0.4, 0.5) is 0 Å². The molecule has 1 saturated heterocycles. The summed E-state index contributed by atoms with van der Waals surface area (Å²) in [6.45, 7) is 3.41. The van der Waals surface area contributed by atoms with Gasteiger partial charge in [0.1, 0.15) is 10.9 Å². The molecule has 1 aliphatic heterocycles. The Kier molecular flexibility index (Phi) is 5.93. The molecule has 2 aromatic carbocycles. The molecule has 0 N–H and O–H groups in total. The number of benzene rings is 2. The number of piperidine rings is 1. The van der Waals surface area contributed by atoms with Gasteiger partial charge in [-0.15, -0.1) is 0 Å². The highest BCUT2D eigenvalue weighted by molar-refractivity contribution is 6.34. The van der Waals surface area contributed by atoms with Crippen LogP contribution < -0.4 is 4.74 Å². The fraction of sp³-hybridized carbons (Fsp3) is 0.304. The second kappa shape index (κ2) is 8.60.